The van der Waals surface area contributed by atoms with Crippen LogP contribution in [-0.4, -0.2) is 49.3 Å². The number of methoxy groups -OCH3 is 1. The zero-order valence-electron chi connectivity index (χ0n) is 13.3. The van der Waals surface area contributed by atoms with E-state index in [0.29, 0.717) is 12.3 Å². The van der Waals surface area contributed by atoms with Gasteiger partial charge in [-0.2, -0.15) is 0 Å². The number of rotatable bonds is 7. The molecule has 1 aromatic rings. The molecule has 0 bridgehead atoms. The highest BCUT2D eigenvalue weighted by atomic mass is 16.5. The number of nitrogens with zero attached hydrogens (tertiary/aromatic N) is 1. The smallest absolute Gasteiger partial charge is 0.225 e. The number of anilines is 1. The van der Waals surface area contributed by atoms with Crippen molar-refractivity contribution in [3.63, 3.8) is 0 Å². The normalized spacial score (nSPS) is 18.9. The Bertz CT molecular complexity index is 477. The molecule has 1 aliphatic rings. The maximum Gasteiger partial charge on any atom is 0.225 e. The number of aliphatic hydroxyl groups excluding tert-OH is 1. The average molecular weight is 306 g/mol. The summed E-state index contributed by atoms with van der Waals surface area (Å²) in [6, 6.07) is 7.39. The van der Waals surface area contributed by atoms with Crippen LogP contribution in [0.5, 0.6) is 5.75 Å². The molecule has 1 aromatic carbocycles. The Morgan fingerprint density at radius 1 is 1.50 bits per heavy atom. The number of nitrogens with one attached hydrogen (secondary N) is 1. The number of hydrogen-bond donors (Lipinski definition) is 2. The molecule has 0 aliphatic carbocycles. The number of aliphatic hydroxyl groups is 1. The summed E-state index contributed by atoms with van der Waals surface area (Å²) in [5.74, 6) is 1.33. The summed E-state index contributed by atoms with van der Waals surface area (Å²) in [7, 11) is 1.61. The third-order valence-corrected chi connectivity index (χ3v) is 4.15. The van der Waals surface area contributed by atoms with Crippen LogP contribution in [0.4, 0.5) is 5.69 Å². The van der Waals surface area contributed by atoms with E-state index in [2.05, 4.69) is 10.2 Å². The quantitative estimate of drug-likeness (QED) is 0.810. The maximum atomic E-state index is 12.0. The second-order valence-electron chi connectivity index (χ2n) is 5.85. The minimum Gasteiger partial charge on any atom is -0.497 e. The molecule has 1 atom stereocenters. The fourth-order valence-electron chi connectivity index (χ4n) is 2.96. The molecule has 1 fully saturated rings. The highest BCUT2D eigenvalue weighted by molar-refractivity contribution is 5.91. The van der Waals surface area contributed by atoms with Gasteiger partial charge in [-0.05, 0) is 43.9 Å². The van der Waals surface area contributed by atoms with Crippen molar-refractivity contribution in [3.05, 3.63) is 24.3 Å². The highest BCUT2D eigenvalue weighted by Gasteiger charge is 2.19. The van der Waals surface area contributed by atoms with Crippen LogP contribution in [0.25, 0.3) is 0 Å². The molecule has 2 N–H and O–H groups in total. The molecular formula is C17H26N2O3. The van der Waals surface area contributed by atoms with Crippen LogP contribution in [0.15, 0.2) is 24.3 Å². The third-order valence-electron chi connectivity index (χ3n) is 4.15. The number of ether oxygens (including phenoxy) is 1. The summed E-state index contributed by atoms with van der Waals surface area (Å²) in [5, 5.41) is 11.9. The van der Waals surface area contributed by atoms with Crippen molar-refractivity contribution >= 4 is 11.6 Å². The molecule has 1 unspecified atom stereocenters. The predicted molar refractivity (Wildman–Crippen MR) is 87.1 cm³/mol. The Morgan fingerprint density at radius 2 is 2.36 bits per heavy atom. The van der Waals surface area contributed by atoms with Gasteiger partial charge < -0.3 is 20.1 Å². The lowest BCUT2D eigenvalue weighted by atomic mass is 9.95. The summed E-state index contributed by atoms with van der Waals surface area (Å²) in [6.45, 7) is 3.08. The lowest BCUT2D eigenvalue weighted by Gasteiger charge is -2.32. The largest absolute Gasteiger partial charge is 0.497 e. The predicted octanol–water partition coefficient (Wildman–Crippen LogP) is 2.12. The van der Waals surface area contributed by atoms with E-state index >= 15 is 0 Å². The number of carbonyl (C=O) groups excluding carboxylic acids is 1. The summed E-state index contributed by atoms with van der Waals surface area (Å²) in [5.41, 5.74) is 0.765. The number of benzene rings is 1. The molecule has 5 nitrogen and oxygen atoms in total. The van der Waals surface area contributed by atoms with Crippen LogP contribution in [0, 0.1) is 5.92 Å². The lowest BCUT2D eigenvalue weighted by molar-refractivity contribution is -0.116. The molecule has 0 aromatic heterocycles. The van der Waals surface area contributed by atoms with Crippen LogP contribution >= 0.6 is 0 Å². The van der Waals surface area contributed by atoms with E-state index in [1.807, 2.05) is 24.3 Å². The van der Waals surface area contributed by atoms with Crippen LogP contribution in [0.3, 0.4) is 0 Å². The van der Waals surface area contributed by atoms with Crippen molar-refractivity contribution in [2.75, 3.05) is 38.7 Å². The second kappa shape index (κ2) is 8.76. The van der Waals surface area contributed by atoms with Gasteiger partial charge in [-0.25, -0.2) is 0 Å². The standard InChI is InChI=1S/C17H26N2O3/c1-22-16-6-2-5-15(12-16)18-17(21)7-10-19-9-3-4-14(13-19)8-11-20/h2,5-6,12,14,20H,3-4,7-11,13H2,1H3,(H,18,21). The van der Waals surface area contributed by atoms with E-state index in [-0.39, 0.29) is 12.5 Å². The Morgan fingerprint density at radius 3 is 3.14 bits per heavy atom. The van der Waals surface area contributed by atoms with Gasteiger partial charge >= 0.3 is 0 Å². The zero-order valence-corrected chi connectivity index (χ0v) is 13.3. The first-order chi connectivity index (χ1) is 10.7. The van der Waals surface area contributed by atoms with Crippen molar-refractivity contribution in [3.8, 4) is 5.75 Å². The molecular weight excluding hydrogens is 280 g/mol. The summed E-state index contributed by atoms with van der Waals surface area (Å²) < 4.78 is 5.15. The van der Waals surface area contributed by atoms with E-state index in [9.17, 15) is 4.79 Å². The molecule has 2 rings (SSSR count). The van der Waals surface area contributed by atoms with E-state index in [1.165, 1.54) is 6.42 Å². The Labute approximate surface area is 132 Å². The van der Waals surface area contributed by atoms with E-state index in [4.69, 9.17) is 9.84 Å². The van der Waals surface area contributed by atoms with E-state index in [0.717, 1.165) is 43.9 Å². The molecule has 22 heavy (non-hydrogen) atoms. The third kappa shape index (κ3) is 5.31. The molecule has 0 spiro atoms. The fourth-order valence-corrected chi connectivity index (χ4v) is 2.96. The maximum absolute atomic E-state index is 12.0. The highest BCUT2D eigenvalue weighted by Crippen LogP contribution is 2.20. The van der Waals surface area contributed by atoms with Gasteiger partial charge in [0.05, 0.1) is 7.11 Å². The van der Waals surface area contributed by atoms with Crippen molar-refractivity contribution in [2.45, 2.75) is 25.7 Å². The molecule has 0 radical (unpaired) electrons. The van der Waals surface area contributed by atoms with Gasteiger partial charge in [-0.1, -0.05) is 6.07 Å². The first kappa shape index (κ1) is 16.8. The first-order valence-corrected chi connectivity index (χ1v) is 7.98. The van der Waals surface area contributed by atoms with E-state index in [1.54, 1.807) is 7.11 Å². The minimum absolute atomic E-state index is 0.0255. The summed E-state index contributed by atoms with van der Waals surface area (Å²) in [6.07, 6.45) is 3.70. The van der Waals surface area contributed by atoms with Gasteiger partial charge in [-0.15, -0.1) is 0 Å². The van der Waals surface area contributed by atoms with Crippen molar-refractivity contribution < 1.29 is 14.6 Å². The fraction of sp³-hybridized carbons (Fsp3) is 0.588. The molecule has 0 saturated carbocycles. The van der Waals surface area contributed by atoms with Gasteiger partial charge in [-0.3, -0.25) is 4.79 Å². The van der Waals surface area contributed by atoms with Crippen molar-refractivity contribution in [2.24, 2.45) is 5.92 Å². The Kier molecular flexibility index (Phi) is 6.68. The summed E-state index contributed by atoms with van der Waals surface area (Å²) >= 11 is 0. The number of hydrogen-bond acceptors (Lipinski definition) is 4. The van der Waals surface area contributed by atoms with Gasteiger partial charge in [0.2, 0.25) is 5.91 Å². The lowest BCUT2D eigenvalue weighted by Crippen LogP contribution is -2.37. The number of amides is 1. The van der Waals surface area contributed by atoms with Gasteiger partial charge in [0.25, 0.3) is 0 Å². The van der Waals surface area contributed by atoms with Crippen LogP contribution < -0.4 is 10.1 Å². The Hall–Kier alpha value is -1.59. The van der Waals surface area contributed by atoms with Crippen molar-refractivity contribution in [1.29, 1.82) is 0 Å². The van der Waals surface area contributed by atoms with Gasteiger partial charge in [0, 0.05) is 37.9 Å². The molecule has 1 saturated heterocycles. The number of piperidine rings is 1. The first-order valence-electron chi connectivity index (χ1n) is 7.98. The summed E-state index contributed by atoms with van der Waals surface area (Å²) in [4.78, 5) is 14.4. The minimum atomic E-state index is 0.0255. The van der Waals surface area contributed by atoms with Gasteiger partial charge in [0.1, 0.15) is 5.75 Å². The van der Waals surface area contributed by atoms with Crippen LogP contribution in [0.1, 0.15) is 25.7 Å². The number of likely N-dealkylation sites (tertiary alicyclic amines) is 1. The topological polar surface area (TPSA) is 61.8 Å². The van der Waals surface area contributed by atoms with E-state index < -0.39 is 0 Å². The van der Waals surface area contributed by atoms with Crippen molar-refractivity contribution in [1.82, 2.24) is 4.90 Å². The van der Waals surface area contributed by atoms with Crippen LogP contribution in [0.2, 0.25) is 0 Å². The van der Waals surface area contributed by atoms with Gasteiger partial charge in [0.15, 0.2) is 0 Å². The van der Waals surface area contributed by atoms with Crippen LogP contribution in [-0.2, 0) is 4.79 Å². The molecule has 1 amide bonds. The Balaban J connectivity index is 1.75. The monoisotopic (exact) mass is 306 g/mol. The average Bonchev–Trinajstić information content (AvgIpc) is 2.54. The molecule has 1 heterocycles. The molecule has 1 aliphatic heterocycles. The second-order valence-corrected chi connectivity index (χ2v) is 5.85. The number of carbonyl (C=O) groups is 1. The molecule has 122 valence electrons. The SMILES string of the molecule is COc1cccc(NC(=O)CCN2CCCC(CCO)C2)c1. The zero-order chi connectivity index (χ0) is 15.8. The molecule has 5 heteroatoms.